The highest BCUT2D eigenvalue weighted by Gasteiger charge is 2.23. The predicted octanol–water partition coefficient (Wildman–Crippen LogP) is 4.52. The van der Waals surface area contributed by atoms with Crippen molar-refractivity contribution in [3.63, 3.8) is 0 Å². The molecule has 0 fully saturated rings. The van der Waals surface area contributed by atoms with E-state index in [4.69, 9.17) is 0 Å². The number of amides is 2. The minimum Gasteiger partial charge on any atom is -0.361 e. The van der Waals surface area contributed by atoms with Crippen LogP contribution in [0.4, 0.5) is 5.69 Å². The SMILES string of the molecule is Cc1cccc(NC(=O)[C@@H](Cc2c[nH]c3ccccc23)NC(=O)c2cccs2)c1. The topological polar surface area (TPSA) is 74.0 Å². The van der Waals surface area contributed by atoms with Gasteiger partial charge in [-0.2, -0.15) is 0 Å². The van der Waals surface area contributed by atoms with Crippen molar-refractivity contribution in [2.24, 2.45) is 0 Å². The second-order valence-corrected chi connectivity index (χ2v) is 7.87. The largest absolute Gasteiger partial charge is 0.361 e. The van der Waals surface area contributed by atoms with Gasteiger partial charge in [-0.05, 0) is 47.7 Å². The molecule has 4 rings (SSSR count). The van der Waals surface area contributed by atoms with Gasteiger partial charge >= 0.3 is 0 Å². The third-order valence-corrected chi connectivity index (χ3v) is 5.62. The maximum atomic E-state index is 13.1. The normalized spacial score (nSPS) is 11.9. The predicted molar refractivity (Wildman–Crippen MR) is 117 cm³/mol. The number of nitrogens with one attached hydrogen (secondary N) is 3. The van der Waals surface area contributed by atoms with Crippen molar-refractivity contribution in [3.8, 4) is 0 Å². The van der Waals surface area contributed by atoms with Crippen molar-refractivity contribution in [2.45, 2.75) is 19.4 Å². The Bertz CT molecular complexity index is 1150. The number of hydrogen-bond donors (Lipinski definition) is 3. The Labute approximate surface area is 172 Å². The number of fused-ring (bicyclic) bond motifs is 1. The minimum atomic E-state index is -0.704. The number of hydrogen-bond acceptors (Lipinski definition) is 3. The highest BCUT2D eigenvalue weighted by molar-refractivity contribution is 7.12. The van der Waals surface area contributed by atoms with Crippen molar-refractivity contribution in [3.05, 3.63) is 88.2 Å². The average Bonchev–Trinajstić information content (AvgIpc) is 3.38. The van der Waals surface area contributed by atoms with Crippen LogP contribution in [0.15, 0.2) is 72.2 Å². The van der Waals surface area contributed by atoms with Gasteiger partial charge in [-0.3, -0.25) is 9.59 Å². The molecule has 2 heterocycles. The fraction of sp³-hybridized carbons (Fsp3) is 0.130. The van der Waals surface area contributed by atoms with E-state index in [1.807, 2.05) is 73.1 Å². The number of aryl methyl sites for hydroxylation is 1. The van der Waals surface area contributed by atoms with Gasteiger partial charge in [-0.15, -0.1) is 11.3 Å². The molecule has 0 aliphatic rings. The number of carbonyl (C=O) groups excluding carboxylic acids is 2. The lowest BCUT2D eigenvalue weighted by Gasteiger charge is -2.18. The van der Waals surface area contributed by atoms with Crippen molar-refractivity contribution in [2.75, 3.05) is 5.32 Å². The quantitative estimate of drug-likeness (QED) is 0.443. The maximum absolute atomic E-state index is 13.1. The van der Waals surface area contributed by atoms with Gasteiger partial charge in [-0.25, -0.2) is 0 Å². The van der Waals surface area contributed by atoms with Crippen LogP contribution in [-0.2, 0) is 11.2 Å². The first-order valence-corrected chi connectivity index (χ1v) is 10.2. The van der Waals surface area contributed by atoms with Crippen molar-refractivity contribution in [1.29, 1.82) is 0 Å². The second kappa shape index (κ2) is 8.32. The van der Waals surface area contributed by atoms with Crippen LogP contribution in [0.2, 0.25) is 0 Å². The molecule has 146 valence electrons. The van der Waals surface area contributed by atoms with Crippen LogP contribution in [0.5, 0.6) is 0 Å². The summed E-state index contributed by atoms with van der Waals surface area (Å²) in [7, 11) is 0. The molecule has 0 spiro atoms. The summed E-state index contributed by atoms with van der Waals surface area (Å²) in [5.74, 6) is -0.491. The molecule has 0 saturated carbocycles. The van der Waals surface area contributed by atoms with Gasteiger partial charge in [0.05, 0.1) is 4.88 Å². The molecule has 2 amide bonds. The van der Waals surface area contributed by atoms with Gasteiger partial charge in [0.15, 0.2) is 0 Å². The summed E-state index contributed by atoms with van der Waals surface area (Å²) in [4.78, 5) is 29.5. The second-order valence-electron chi connectivity index (χ2n) is 6.93. The fourth-order valence-corrected chi connectivity index (χ4v) is 3.95. The summed E-state index contributed by atoms with van der Waals surface area (Å²) in [6, 6.07) is 18.4. The molecule has 3 N–H and O–H groups in total. The first-order valence-electron chi connectivity index (χ1n) is 9.37. The van der Waals surface area contributed by atoms with Gasteiger partial charge in [-0.1, -0.05) is 36.4 Å². The summed E-state index contributed by atoms with van der Waals surface area (Å²) in [5, 5.41) is 8.73. The summed E-state index contributed by atoms with van der Waals surface area (Å²) < 4.78 is 0. The molecule has 0 aliphatic carbocycles. The molecule has 2 aromatic carbocycles. The third kappa shape index (κ3) is 4.38. The van der Waals surface area contributed by atoms with Crippen LogP contribution in [0.3, 0.4) is 0 Å². The van der Waals surface area contributed by atoms with Crippen molar-refractivity contribution < 1.29 is 9.59 Å². The van der Waals surface area contributed by atoms with Crippen LogP contribution >= 0.6 is 11.3 Å². The van der Waals surface area contributed by atoms with E-state index in [0.717, 1.165) is 22.0 Å². The number of anilines is 1. The zero-order chi connectivity index (χ0) is 20.2. The van der Waals surface area contributed by atoms with E-state index in [1.54, 1.807) is 6.07 Å². The zero-order valence-electron chi connectivity index (χ0n) is 15.9. The van der Waals surface area contributed by atoms with Crippen molar-refractivity contribution >= 4 is 39.7 Å². The monoisotopic (exact) mass is 403 g/mol. The molecule has 0 bridgehead atoms. The molecule has 29 heavy (non-hydrogen) atoms. The number of aromatic nitrogens is 1. The number of carbonyl (C=O) groups is 2. The van der Waals surface area contributed by atoms with E-state index in [0.29, 0.717) is 17.0 Å². The van der Waals surface area contributed by atoms with E-state index in [9.17, 15) is 9.59 Å². The van der Waals surface area contributed by atoms with Gasteiger partial charge < -0.3 is 15.6 Å². The summed E-state index contributed by atoms with van der Waals surface area (Å²) in [5.41, 5.74) is 3.75. The third-order valence-electron chi connectivity index (χ3n) is 4.75. The zero-order valence-corrected chi connectivity index (χ0v) is 16.8. The van der Waals surface area contributed by atoms with E-state index < -0.39 is 6.04 Å². The van der Waals surface area contributed by atoms with Crippen LogP contribution < -0.4 is 10.6 Å². The number of benzene rings is 2. The molecule has 0 unspecified atom stereocenters. The van der Waals surface area contributed by atoms with E-state index in [-0.39, 0.29) is 11.8 Å². The summed E-state index contributed by atoms with van der Waals surface area (Å²) >= 11 is 1.35. The van der Waals surface area contributed by atoms with Gasteiger partial charge in [0.25, 0.3) is 5.91 Å². The molecular formula is C23H21N3O2S. The first kappa shape index (κ1) is 19.0. The molecule has 0 radical (unpaired) electrons. The van der Waals surface area contributed by atoms with Crippen molar-refractivity contribution in [1.82, 2.24) is 10.3 Å². The molecule has 0 aliphatic heterocycles. The fourth-order valence-electron chi connectivity index (χ4n) is 3.32. The Morgan fingerprint density at radius 1 is 1.07 bits per heavy atom. The molecule has 6 heteroatoms. The number of para-hydroxylation sites is 1. The van der Waals surface area contributed by atoms with Crippen LogP contribution in [0, 0.1) is 6.92 Å². The summed E-state index contributed by atoms with van der Waals surface area (Å²) in [6.45, 7) is 1.97. The Morgan fingerprint density at radius 3 is 2.72 bits per heavy atom. The van der Waals surface area contributed by atoms with Gasteiger partial charge in [0.1, 0.15) is 6.04 Å². The number of thiophene rings is 1. The lowest BCUT2D eigenvalue weighted by Crippen LogP contribution is -2.45. The number of rotatable bonds is 6. The first-order chi connectivity index (χ1) is 14.1. The smallest absolute Gasteiger partial charge is 0.262 e. The summed E-state index contributed by atoms with van der Waals surface area (Å²) in [6.07, 6.45) is 2.29. The van der Waals surface area contributed by atoms with E-state index in [1.165, 1.54) is 11.3 Å². The van der Waals surface area contributed by atoms with Crippen LogP contribution in [0.25, 0.3) is 10.9 Å². The molecule has 2 aromatic heterocycles. The van der Waals surface area contributed by atoms with Gasteiger partial charge in [0.2, 0.25) is 5.91 Å². The lowest BCUT2D eigenvalue weighted by atomic mass is 10.0. The highest BCUT2D eigenvalue weighted by Crippen LogP contribution is 2.20. The highest BCUT2D eigenvalue weighted by atomic mass is 32.1. The van der Waals surface area contributed by atoms with Gasteiger partial charge in [0, 0.05) is 29.2 Å². The standard InChI is InChI=1S/C23H21N3O2S/c1-15-6-4-7-17(12-15)25-22(27)20(26-23(28)21-10-5-11-29-21)13-16-14-24-19-9-3-2-8-18(16)19/h2-12,14,20,24H,13H2,1H3,(H,25,27)(H,26,28)/t20-/m1/s1. The average molecular weight is 404 g/mol. The minimum absolute atomic E-state index is 0.245. The van der Waals surface area contributed by atoms with E-state index in [2.05, 4.69) is 15.6 Å². The Balaban J connectivity index is 1.59. The van der Waals surface area contributed by atoms with Crippen LogP contribution in [0.1, 0.15) is 20.8 Å². The molecular weight excluding hydrogens is 382 g/mol. The number of aromatic amines is 1. The Morgan fingerprint density at radius 2 is 1.93 bits per heavy atom. The molecule has 5 nitrogen and oxygen atoms in total. The van der Waals surface area contributed by atoms with Crippen LogP contribution in [-0.4, -0.2) is 22.8 Å². The maximum Gasteiger partial charge on any atom is 0.262 e. The lowest BCUT2D eigenvalue weighted by molar-refractivity contribution is -0.118. The molecule has 1 atom stereocenters. The Kier molecular flexibility index (Phi) is 5.44. The van der Waals surface area contributed by atoms with E-state index >= 15 is 0 Å². The number of H-pyrrole nitrogens is 1. The molecule has 0 saturated heterocycles. The molecule has 4 aromatic rings. The Hall–Kier alpha value is -3.38.